The highest BCUT2D eigenvalue weighted by atomic mass is 16.5. The molecule has 3 aliphatic rings. The third kappa shape index (κ3) is 4.63. The van der Waals surface area contributed by atoms with Crippen LogP contribution in [0.25, 0.3) is 0 Å². The number of nitrogens with zero attached hydrogens (tertiary/aromatic N) is 2. The van der Waals surface area contributed by atoms with Crippen LogP contribution in [0.15, 0.2) is 30.3 Å². The van der Waals surface area contributed by atoms with Crippen molar-refractivity contribution in [2.45, 2.75) is 38.5 Å². The van der Waals surface area contributed by atoms with Gasteiger partial charge in [-0.1, -0.05) is 18.2 Å². The number of amides is 2. The molecule has 0 unspecified atom stereocenters. The van der Waals surface area contributed by atoms with Crippen molar-refractivity contribution in [3.05, 3.63) is 30.3 Å². The Morgan fingerprint density at radius 3 is 1.85 bits per heavy atom. The molecule has 27 heavy (non-hydrogen) atoms. The third-order valence-corrected chi connectivity index (χ3v) is 6.24. The fourth-order valence-electron chi connectivity index (χ4n) is 4.24. The van der Waals surface area contributed by atoms with Gasteiger partial charge in [0.05, 0.1) is 6.61 Å². The minimum atomic E-state index is 0.102. The molecule has 1 saturated carbocycles. The Labute approximate surface area is 161 Å². The molecule has 0 bridgehead atoms. The lowest BCUT2D eigenvalue weighted by Gasteiger charge is -2.37. The minimum Gasteiger partial charge on any atom is -0.493 e. The number of para-hydroxylation sites is 1. The molecular formula is C22H30N2O3. The van der Waals surface area contributed by atoms with Gasteiger partial charge in [0, 0.05) is 38.0 Å². The second-order valence-electron chi connectivity index (χ2n) is 8.27. The lowest BCUT2D eigenvalue weighted by Crippen LogP contribution is -2.47. The van der Waals surface area contributed by atoms with Crippen molar-refractivity contribution < 1.29 is 14.3 Å². The number of likely N-dealkylation sites (tertiary alicyclic amines) is 2. The van der Waals surface area contributed by atoms with Crippen molar-refractivity contribution in [2.75, 3.05) is 32.8 Å². The Balaban J connectivity index is 1.18. The Kier molecular flexibility index (Phi) is 5.65. The molecule has 0 spiro atoms. The van der Waals surface area contributed by atoms with Gasteiger partial charge >= 0.3 is 0 Å². The summed E-state index contributed by atoms with van der Waals surface area (Å²) < 4.78 is 5.88. The predicted molar refractivity (Wildman–Crippen MR) is 103 cm³/mol. The van der Waals surface area contributed by atoms with Gasteiger partial charge in [0.15, 0.2) is 0 Å². The van der Waals surface area contributed by atoms with Crippen LogP contribution in [0.5, 0.6) is 5.75 Å². The van der Waals surface area contributed by atoms with Crippen molar-refractivity contribution in [3.8, 4) is 5.75 Å². The fraction of sp³-hybridized carbons (Fsp3) is 0.636. The first kappa shape index (κ1) is 18.3. The van der Waals surface area contributed by atoms with E-state index < -0.39 is 0 Å². The molecule has 5 heteroatoms. The Morgan fingerprint density at radius 1 is 0.778 bits per heavy atom. The first-order chi connectivity index (χ1) is 13.2. The van der Waals surface area contributed by atoms with E-state index in [0.717, 1.165) is 77.1 Å². The summed E-state index contributed by atoms with van der Waals surface area (Å²) in [4.78, 5) is 29.0. The smallest absolute Gasteiger partial charge is 0.225 e. The van der Waals surface area contributed by atoms with E-state index in [4.69, 9.17) is 4.74 Å². The van der Waals surface area contributed by atoms with Crippen LogP contribution in [0.2, 0.25) is 0 Å². The SMILES string of the molecule is O=C(C1CCN(C(=O)C2CC2)CC1)N1CCC(COc2ccccc2)CC1. The molecule has 2 heterocycles. The second kappa shape index (κ2) is 8.32. The van der Waals surface area contributed by atoms with Gasteiger partial charge in [-0.3, -0.25) is 9.59 Å². The number of hydrogen-bond acceptors (Lipinski definition) is 3. The maximum atomic E-state index is 12.9. The first-order valence-electron chi connectivity index (χ1n) is 10.5. The highest BCUT2D eigenvalue weighted by Gasteiger charge is 2.37. The first-order valence-corrected chi connectivity index (χ1v) is 10.5. The zero-order valence-electron chi connectivity index (χ0n) is 16.0. The van der Waals surface area contributed by atoms with Crippen molar-refractivity contribution in [2.24, 2.45) is 17.8 Å². The van der Waals surface area contributed by atoms with Crippen LogP contribution in [-0.4, -0.2) is 54.4 Å². The van der Waals surface area contributed by atoms with Crippen molar-refractivity contribution in [3.63, 3.8) is 0 Å². The molecule has 0 N–H and O–H groups in total. The van der Waals surface area contributed by atoms with E-state index in [1.165, 1.54) is 0 Å². The van der Waals surface area contributed by atoms with Crippen LogP contribution in [0.1, 0.15) is 38.5 Å². The summed E-state index contributed by atoms with van der Waals surface area (Å²) in [6.07, 6.45) is 5.79. The Morgan fingerprint density at radius 2 is 1.30 bits per heavy atom. The summed E-state index contributed by atoms with van der Waals surface area (Å²) in [6, 6.07) is 9.93. The lowest BCUT2D eigenvalue weighted by molar-refractivity contribution is -0.142. The summed E-state index contributed by atoms with van der Waals surface area (Å²) in [5.41, 5.74) is 0. The van der Waals surface area contributed by atoms with Crippen LogP contribution >= 0.6 is 0 Å². The van der Waals surface area contributed by atoms with Gasteiger partial charge in [-0.25, -0.2) is 0 Å². The van der Waals surface area contributed by atoms with Gasteiger partial charge in [-0.2, -0.15) is 0 Å². The largest absolute Gasteiger partial charge is 0.493 e. The van der Waals surface area contributed by atoms with Crippen LogP contribution in [0, 0.1) is 17.8 Å². The topological polar surface area (TPSA) is 49.9 Å². The van der Waals surface area contributed by atoms with Crippen molar-refractivity contribution >= 4 is 11.8 Å². The average molecular weight is 370 g/mol. The predicted octanol–water partition coefficient (Wildman–Crippen LogP) is 2.95. The number of piperidine rings is 2. The van der Waals surface area contributed by atoms with Gasteiger partial charge in [0.1, 0.15) is 5.75 Å². The number of hydrogen-bond donors (Lipinski definition) is 0. The monoisotopic (exact) mass is 370 g/mol. The molecular weight excluding hydrogens is 340 g/mol. The van der Waals surface area contributed by atoms with Gasteiger partial charge in [-0.15, -0.1) is 0 Å². The van der Waals surface area contributed by atoms with E-state index in [0.29, 0.717) is 17.7 Å². The molecule has 0 atom stereocenters. The third-order valence-electron chi connectivity index (χ3n) is 6.24. The molecule has 3 fully saturated rings. The second-order valence-corrected chi connectivity index (χ2v) is 8.27. The van der Waals surface area contributed by atoms with E-state index in [2.05, 4.69) is 0 Å². The molecule has 0 radical (unpaired) electrons. The van der Waals surface area contributed by atoms with Crippen molar-refractivity contribution in [1.29, 1.82) is 0 Å². The van der Waals surface area contributed by atoms with E-state index in [1.54, 1.807) is 0 Å². The highest BCUT2D eigenvalue weighted by Crippen LogP contribution is 2.33. The fourth-order valence-corrected chi connectivity index (χ4v) is 4.24. The number of carbonyl (C=O) groups excluding carboxylic acids is 2. The minimum absolute atomic E-state index is 0.102. The number of ether oxygens (including phenoxy) is 1. The Bertz CT molecular complexity index is 643. The maximum absolute atomic E-state index is 12.9. The molecule has 146 valence electrons. The molecule has 2 amide bonds. The van der Waals surface area contributed by atoms with E-state index in [9.17, 15) is 9.59 Å². The number of carbonyl (C=O) groups is 2. The van der Waals surface area contributed by atoms with Crippen molar-refractivity contribution in [1.82, 2.24) is 9.80 Å². The van der Waals surface area contributed by atoms with Gasteiger partial charge in [-0.05, 0) is 56.6 Å². The molecule has 1 aromatic carbocycles. The van der Waals surface area contributed by atoms with Crippen LogP contribution < -0.4 is 4.74 Å². The van der Waals surface area contributed by atoms with E-state index >= 15 is 0 Å². The molecule has 1 aliphatic carbocycles. The van der Waals surface area contributed by atoms with E-state index in [1.807, 2.05) is 40.1 Å². The standard InChI is InChI=1S/C22H30N2O3/c25-21(18-6-7-18)24-14-10-19(11-15-24)22(26)23-12-8-17(9-13-23)16-27-20-4-2-1-3-5-20/h1-5,17-19H,6-16H2. The average Bonchev–Trinajstić information content (AvgIpc) is 3.58. The molecule has 4 rings (SSSR count). The summed E-state index contributed by atoms with van der Waals surface area (Å²) >= 11 is 0. The molecule has 0 aromatic heterocycles. The maximum Gasteiger partial charge on any atom is 0.225 e. The normalized spacial score (nSPS) is 21.9. The van der Waals surface area contributed by atoms with Crippen LogP contribution in [-0.2, 0) is 9.59 Å². The van der Waals surface area contributed by atoms with E-state index in [-0.39, 0.29) is 11.8 Å². The molecule has 2 aliphatic heterocycles. The zero-order chi connectivity index (χ0) is 18.6. The summed E-state index contributed by atoms with van der Waals surface area (Å²) in [6.45, 7) is 3.92. The molecule has 5 nitrogen and oxygen atoms in total. The summed E-state index contributed by atoms with van der Waals surface area (Å²) in [5.74, 6) is 2.45. The number of rotatable bonds is 5. The quantitative estimate of drug-likeness (QED) is 0.801. The molecule has 1 aromatic rings. The Hall–Kier alpha value is -2.04. The summed E-state index contributed by atoms with van der Waals surface area (Å²) in [7, 11) is 0. The lowest BCUT2D eigenvalue weighted by atomic mass is 9.92. The van der Waals surface area contributed by atoms with Gasteiger partial charge in [0.2, 0.25) is 11.8 Å². The van der Waals surface area contributed by atoms with Gasteiger partial charge < -0.3 is 14.5 Å². The van der Waals surface area contributed by atoms with Crippen LogP contribution in [0.4, 0.5) is 0 Å². The summed E-state index contributed by atoms with van der Waals surface area (Å²) in [5, 5.41) is 0. The number of benzene rings is 1. The zero-order valence-corrected chi connectivity index (χ0v) is 16.0. The van der Waals surface area contributed by atoms with Crippen LogP contribution in [0.3, 0.4) is 0 Å². The highest BCUT2D eigenvalue weighted by molar-refractivity contribution is 5.82. The van der Waals surface area contributed by atoms with Gasteiger partial charge in [0.25, 0.3) is 0 Å². The molecule has 2 saturated heterocycles.